The third kappa shape index (κ3) is 4.16. The van der Waals surface area contributed by atoms with Gasteiger partial charge in [-0.2, -0.15) is 5.10 Å². The Kier molecular flexibility index (Phi) is 5.34. The van der Waals surface area contributed by atoms with Crippen LogP contribution in [-0.4, -0.2) is 20.7 Å². The number of thiazole rings is 1. The molecular weight excluding hydrogens is 352 g/mol. The normalized spacial score (nSPS) is 11.2. The van der Waals surface area contributed by atoms with Crippen molar-refractivity contribution in [2.24, 2.45) is 5.92 Å². The quantitative estimate of drug-likeness (QED) is 0.690. The first-order valence-corrected chi connectivity index (χ1v) is 10.0. The molecule has 0 atom stereocenters. The fourth-order valence-corrected chi connectivity index (χ4v) is 4.19. The Morgan fingerprint density at radius 1 is 1.32 bits per heavy atom. The van der Waals surface area contributed by atoms with Gasteiger partial charge in [0.2, 0.25) is 5.91 Å². The molecule has 3 aromatic heterocycles. The van der Waals surface area contributed by atoms with Gasteiger partial charge in [0.25, 0.3) is 0 Å². The number of rotatable bonds is 6. The van der Waals surface area contributed by atoms with E-state index in [-0.39, 0.29) is 5.91 Å². The van der Waals surface area contributed by atoms with Gasteiger partial charge in [-0.25, -0.2) is 4.98 Å². The molecule has 0 spiro atoms. The van der Waals surface area contributed by atoms with E-state index in [1.165, 1.54) is 11.3 Å². The molecule has 7 heteroatoms. The van der Waals surface area contributed by atoms with Crippen molar-refractivity contribution in [1.82, 2.24) is 14.8 Å². The Hall–Kier alpha value is -1.99. The third-order valence-corrected chi connectivity index (χ3v) is 5.58. The standard InChI is InChI=1S/C18H22N4OS2/c1-11(2)9-22-13(4)14(12(3)21-22)8-17(23)20-18-19-15(10-25-18)16-6-5-7-24-16/h5-7,10-11H,8-9H2,1-4H3,(H,19,20,23). The first-order chi connectivity index (χ1) is 11.9. The first-order valence-electron chi connectivity index (χ1n) is 8.26. The summed E-state index contributed by atoms with van der Waals surface area (Å²) in [5.41, 5.74) is 3.91. The van der Waals surface area contributed by atoms with E-state index < -0.39 is 0 Å². The van der Waals surface area contributed by atoms with E-state index in [0.717, 1.165) is 34.1 Å². The van der Waals surface area contributed by atoms with E-state index in [2.05, 4.69) is 29.2 Å². The Labute approximate surface area is 155 Å². The highest BCUT2D eigenvalue weighted by molar-refractivity contribution is 7.16. The third-order valence-electron chi connectivity index (χ3n) is 3.93. The van der Waals surface area contributed by atoms with E-state index in [0.29, 0.717) is 17.5 Å². The van der Waals surface area contributed by atoms with Crippen LogP contribution in [0.5, 0.6) is 0 Å². The van der Waals surface area contributed by atoms with Crippen molar-refractivity contribution in [3.05, 3.63) is 39.8 Å². The second kappa shape index (κ2) is 7.49. The number of hydrogen-bond acceptors (Lipinski definition) is 5. The van der Waals surface area contributed by atoms with Crippen LogP contribution in [0.15, 0.2) is 22.9 Å². The van der Waals surface area contributed by atoms with Gasteiger partial charge in [0.15, 0.2) is 5.13 Å². The van der Waals surface area contributed by atoms with Crippen molar-refractivity contribution in [1.29, 1.82) is 0 Å². The molecule has 0 radical (unpaired) electrons. The lowest BCUT2D eigenvalue weighted by molar-refractivity contribution is -0.115. The minimum Gasteiger partial charge on any atom is -0.302 e. The molecule has 1 amide bonds. The maximum Gasteiger partial charge on any atom is 0.230 e. The van der Waals surface area contributed by atoms with E-state index in [1.54, 1.807) is 11.3 Å². The van der Waals surface area contributed by atoms with Crippen LogP contribution in [-0.2, 0) is 17.8 Å². The average molecular weight is 375 g/mol. The van der Waals surface area contributed by atoms with E-state index >= 15 is 0 Å². The highest BCUT2D eigenvalue weighted by Crippen LogP contribution is 2.28. The lowest BCUT2D eigenvalue weighted by atomic mass is 10.1. The molecule has 0 unspecified atom stereocenters. The second-order valence-corrected chi connectivity index (χ2v) is 8.27. The zero-order valence-corrected chi connectivity index (χ0v) is 16.5. The van der Waals surface area contributed by atoms with E-state index in [1.807, 2.05) is 41.4 Å². The smallest absolute Gasteiger partial charge is 0.230 e. The topological polar surface area (TPSA) is 59.8 Å². The van der Waals surface area contributed by atoms with Crippen LogP contribution in [0.4, 0.5) is 5.13 Å². The fourth-order valence-electron chi connectivity index (χ4n) is 2.71. The minimum absolute atomic E-state index is 0.0534. The van der Waals surface area contributed by atoms with Gasteiger partial charge in [-0.15, -0.1) is 22.7 Å². The average Bonchev–Trinajstić information content (AvgIpc) is 3.25. The molecule has 25 heavy (non-hydrogen) atoms. The summed E-state index contributed by atoms with van der Waals surface area (Å²) in [4.78, 5) is 18.0. The summed E-state index contributed by atoms with van der Waals surface area (Å²) >= 11 is 3.09. The van der Waals surface area contributed by atoms with Crippen LogP contribution < -0.4 is 5.32 Å². The zero-order valence-electron chi connectivity index (χ0n) is 14.9. The Morgan fingerprint density at radius 2 is 2.12 bits per heavy atom. The van der Waals surface area contributed by atoms with Crippen LogP contribution in [0.25, 0.3) is 10.6 Å². The highest BCUT2D eigenvalue weighted by atomic mass is 32.1. The van der Waals surface area contributed by atoms with Crippen molar-refractivity contribution in [2.75, 3.05) is 5.32 Å². The number of carbonyl (C=O) groups excluding carboxylic acids is 1. The predicted molar refractivity (Wildman–Crippen MR) is 104 cm³/mol. The summed E-state index contributed by atoms with van der Waals surface area (Å²) in [5, 5.41) is 12.1. The van der Waals surface area contributed by atoms with Crippen LogP contribution in [0, 0.1) is 19.8 Å². The Morgan fingerprint density at radius 3 is 2.80 bits per heavy atom. The lowest BCUT2D eigenvalue weighted by Gasteiger charge is -2.08. The van der Waals surface area contributed by atoms with Gasteiger partial charge in [-0.05, 0) is 31.2 Å². The SMILES string of the molecule is Cc1nn(CC(C)C)c(C)c1CC(=O)Nc1nc(-c2cccs2)cs1. The number of nitrogens with zero attached hydrogens (tertiary/aromatic N) is 3. The van der Waals surface area contributed by atoms with Crippen molar-refractivity contribution in [3.63, 3.8) is 0 Å². The second-order valence-electron chi connectivity index (χ2n) is 6.47. The first kappa shape index (κ1) is 17.8. The number of anilines is 1. The van der Waals surface area contributed by atoms with E-state index in [4.69, 9.17) is 0 Å². The van der Waals surface area contributed by atoms with Gasteiger partial charge in [0.1, 0.15) is 0 Å². The molecule has 5 nitrogen and oxygen atoms in total. The van der Waals surface area contributed by atoms with Gasteiger partial charge >= 0.3 is 0 Å². The summed E-state index contributed by atoms with van der Waals surface area (Å²) in [6.07, 6.45) is 0.323. The lowest BCUT2D eigenvalue weighted by Crippen LogP contribution is -2.15. The molecule has 0 saturated heterocycles. The minimum atomic E-state index is -0.0534. The summed E-state index contributed by atoms with van der Waals surface area (Å²) in [7, 11) is 0. The number of thiophene rings is 1. The molecule has 0 aliphatic rings. The molecule has 0 aliphatic heterocycles. The van der Waals surface area contributed by atoms with Crippen molar-refractivity contribution < 1.29 is 4.79 Å². The predicted octanol–water partition coefficient (Wildman–Crippen LogP) is 4.52. The maximum absolute atomic E-state index is 12.4. The van der Waals surface area contributed by atoms with Gasteiger partial charge < -0.3 is 5.32 Å². The van der Waals surface area contributed by atoms with Crippen LogP contribution in [0.1, 0.15) is 30.8 Å². The van der Waals surface area contributed by atoms with Gasteiger partial charge in [-0.3, -0.25) is 9.48 Å². The fraction of sp³-hybridized carbons (Fsp3) is 0.389. The summed E-state index contributed by atoms with van der Waals surface area (Å²) < 4.78 is 2.00. The van der Waals surface area contributed by atoms with Crippen molar-refractivity contribution >= 4 is 33.7 Å². The van der Waals surface area contributed by atoms with E-state index in [9.17, 15) is 4.79 Å². The highest BCUT2D eigenvalue weighted by Gasteiger charge is 2.16. The molecule has 0 aromatic carbocycles. The maximum atomic E-state index is 12.4. The number of aryl methyl sites for hydroxylation is 1. The molecular formula is C18H22N4OS2. The molecule has 3 rings (SSSR count). The molecule has 0 bridgehead atoms. The number of carbonyl (C=O) groups is 1. The molecule has 132 valence electrons. The van der Waals surface area contributed by atoms with Gasteiger partial charge in [-0.1, -0.05) is 19.9 Å². The van der Waals surface area contributed by atoms with Crippen LogP contribution >= 0.6 is 22.7 Å². The van der Waals surface area contributed by atoms with Gasteiger partial charge in [0, 0.05) is 23.2 Å². The van der Waals surface area contributed by atoms with Crippen LogP contribution in [0.3, 0.4) is 0 Å². The summed E-state index contributed by atoms with van der Waals surface area (Å²) in [5.74, 6) is 0.466. The molecule has 0 aliphatic carbocycles. The Balaban J connectivity index is 1.68. The molecule has 0 saturated carbocycles. The molecule has 3 aromatic rings. The number of aromatic nitrogens is 3. The molecule has 3 heterocycles. The Bertz CT molecular complexity index is 862. The van der Waals surface area contributed by atoms with Gasteiger partial charge in [0.05, 0.1) is 22.7 Å². The number of amides is 1. The zero-order chi connectivity index (χ0) is 18.0. The van der Waals surface area contributed by atoms with Crippen LogP contribution in [0.2, 0.25) is 0 Å². The number of nitrogens with one attached hydrogen (secondary N) is 1. The van der Waals surface area contributed by atoms with Crippen molar-refractivity contribution in [2.45, 2.75) is 40.7 Å². The summed E-state index contributed by atoms with van der Waals surface area (Å²) in [6.45, 7) is 9.19. The largest absolute Gasteiger partial charge is 0.302 e. The molecule has 0 fully saturated rings. The van der Waals surface area contributed by atoms with Crippen molar-refractivity contribution in [3.8, 4) is 10.6 Å². The molecule has 1 N–H and O–H groups in total. The monoisotopic (exact) mass is 374 g/mol. The summed E-state index contributed by atoms with van der Waals surface area (Å²) in [6, 6.07) is 4.03. The number of hydrogen-bond donors (Lipinski definition) is 1.